The van der Waals surface area contributed by atoms with Crippen LogP contribution in [-0.2, 0) is 9.47 Å². The highest BCUT2D eigenvalue weighted by Gasteiger charge is 2.18. The second-order valence-electron chi connectivity index (χ2n) is 6.91. The molecule has 29 heavy (non-hydrogen) atoms. The van der Waals surface area contributed by atoms with Crippen LogP contribution in [0.5, 0.6) is 0 Å². The van der Waals surface area contributed by atoms with Crippen LogP contribution in [0.4, 0.5) is 16.4 Å². The van der Waals surface area contributed by atoms with E-state index < -0.39 is 0 Å². The van der Waals surface area contributed by atoms with Gasteiger partial charge in [-0.05, 0) is 12.0 Å². The number of H-pyrrole nitrogens is 1. The van der Waals surface area contributed by atoms with Gasteiger partial charge in [0.1, 0.15) is 5.82 Å². The highest BCUT2D eigenvalue weighted by atomic mass is 16.5. The molecule has 4 N–H and O–H groups in total. The van der Waals surface area contributed by atoms with E-state index in [0.29, 0.717) is 19.0 Å². The zero-order valence-corrected chi connectivity index (χ0v) is 16.1. The van der Waals surface area contributed by atoms with Gasteiger partial charge in [-0.25, -0.2) is 9.78 Å². The highest BCUT2D eigenvalue weighted by molar-refractivity contribution is 5.94. The lowest BCUT2D eigenvalue weighted by atomic mass is 10.1. The summed E-state index contributed by atoms with van der Waals surface area (Å²) in [5, 5.41) is 17.2. The SMILES string of the molecule is COCC(NC(=O)Nc1cc2[nH]nc(NC3CCOC3)c2cn1)c1ccccc1. The normalized spacial score (nSPS) is 17.2. The Bertz CT molecular complexity index is 955. The molecule has 2 atom stereocenters. The summed E-state index contributed by atoms with van der Waals surface area (Å²) >= 11 is 0. The third-order valence-electron chi connectivity index (χ3n) is 4.80. The number of urea groups is 1. The number of nitrogens with zero attached hydrogens (tertiary/aromatic N) is 2. The summed E-state index contributed by atoms with van der Waals surface area (Å²) in [6.07, 6.45) is 2.64. The number of hydrogen-bond acceptors (Lipinski definition) is 6. The molecule has 152 valence electrons. The molecule has 1 saturated heterocycles. The van der Waals surface area contributed by atoms with E-state index in [9.17, 15) is 4.79 Å². The average Bonchev–Trinajstić information content (AvgIpc) is 3.39. The Labute approximate surface area is 168 Å². The second-order valence-corrected chi connectivity index (χ2v) is 6.91. The number of carbonyl (C=O) groups is 1. The van der Waals surface area contributed by atoms with E-state index in [1.807, 2.05) is 30.3 Å². The molecule has 2 unspecified atom stereocenters. The molecule has 1 aromatic carbocycles. The number of rotatable bonds is 7. The van der Waals surface area contributed by atoms with Gasteiger partial charge in [0.25, 0.3) is 0 Å². The van der Waals surface area contributed by atoms with Gasteiger partial charge in [0.2, 0.25) is 0 Å². The number of hydrogen-bond donors (Lipinski definition) is 4. The van der Waals surface area contributed by atoms with E-state index >= 15 is 0 Å². The largest absolute Gasteiger partial charge is 0.382 e. The van der Waals surface area contributed by atoms with Crippen LogP contribution in [0.2, 0.25) is 0 Å². The van der Waals surface area contributed by atoms with Crippen LogP contribution in [0.3, 0.4) is 0 Å². The first-order valence-electron chi connectivity index (χ1n) is 9.52. The fourth-order valence-corrected chi connectivity index (χ4v) is 3.32. The summed E-state index contributed by atoms with van der Waals surface area (Å²) in [6.45, 7) is 1.80. The summed E-state index contributed by atoms with van der Waals surface area (Å²) in [5.41, 5.74) is 1.75. The maximum atomic E-state index is 12.5. The number of aromatic amines is 1. The number of nitrogens with one attached hydrogen (secondary N) is 4. The van der Waals surface area contributed by atoms with Gasteiger partial charge in [0.15, 0.2) is 5.82 Å². The minimum atomic E-state index is -0.358. The number of anilines is 2. The minimum Gasteiger partial charge on any atom is -0.382 e. The Kier molecular flexibility index (Phi) is 5.87. The Balaban J connectivity index is 1.42. The van der Waals surface area contributed by atoms with E-state index in [4.69, 9.17) is 9.47 Å². The topological polar surface area (TPSA) is 113 Å². The number of fused-ring (bicyclic) bond motifs is 1. The van der Waals surface area contributed by atoms with Crippen LogP contribution in [0, 0.1) is 0 Å². The average molecular weight is 396 g/mol. The van der Waals surface area contributed by atoms with Gasteiger partial charge in [-0.3, -0.25) is 10.4 Å². The van der Waals surface area contributed by atoms with E-state index in [2.05, 4.69) is 31.1 Å². The maximum Gasteiger partial charge on any atom is 0.320 e. The quantitative estimate of drug-likeness (QED) is 0.488. The molecule has 9 heteroatoms. The Morgan fingerprint density at radius 1 is 1.38 bits per heavy atom. The van der Waals surface area contributed by atoms with Crippen LogP contribution in [0.15, 0.2) is 42.6 Å². The number of pyridine rings is 1. The predicted molar refractivity (Wildman–Crippen MR) is 110 cm³/mol. The summed E-state index contributed by atoms with van der Waals surface area (Å²) < 4.78 is 10.6. The number of methoxy groups -OCH3 is 1. The third-order valence-corrected chi connectivity index (χ3v) is 4.80. The number of amides is 2. The number of aromatic nitrogens is 3. The predicted octanol–water partition coefficient (Wildman–Crippen LogP) is 2.67. The first kappa shape index (κ1) is 19.2. The summed E-state index contributed by atoms with van der Waals surface area (Å²) in [5.74, 6) is 1.17. The fourth-order valence-electron chi connectivity index (χ4n) is 3.32. The summed E-state index contributed by atoms with van der Waals surface area (Å²) in [7, 11) is 1.60. The minimum absolute atomic E-state index is 0.251. The summed E-state index contributed by atoms with van der Waals surface area (Å²) in [4.78, 5) is 16.8. The van der Waals surface area contributed by atoms with E-state index in [1.54, 1.807) is 19.4 Å². The number of benzene rings is 1. The Hall–Kier alpha value is -3.17. The van der Waals surface area contributed by atoms with Gasteiger partial charge >= 0.3 is 6.03 Å². The lowest BCUT2D eigenvalue weighted by Crippen LogP contribution is -2.35. The van der Waals surface area contributed by atoms with Gasteiger partial charge in [0, 0.05) is 26.0 Å². The highest BCUT2D eigenvalue weighted by Crippen LogP contribution is 2.23. The molecule has 0 radical (unpaired) electrons. The first-order chi connectivity index (χ1) is 14.2. The molecule has 3 aromatic rings. The molecule has 9 nitrogen and oxygen atoms in total. The standard InChI is InChI=1S/C20H24N6O3/c1-28-12-17(13-5-3-2-4-6-13)23-20(27)24-18-9-16-15(10-21-18)19(26-25-16)22-14-7-8-29-11-14/h2-6,9-10,14,17H,7-8,11-12H2,1H3,(H2,22,25,26)(H2,21,23,24,27). The van der Waals surface area contributed by atoms with Crippen molar-refractivity contribution in [2.75, 3.05) is 37.6 Å². The molecule has 4 rings (SSSR count). The van der Waals surface area contributed by atoms with E-state index in [-0.39, 0.29) is 18.1 Å². The van der Waals surface area contributed by atoms with Crippen LogP contribution >= 0.6 is 0 Å². The Morgan fingerprint density at radius 3 is 3.00 bits per heavy atom. The van der Waals surface area contributed by atoms with Crippen molar-refractivity contribution in [3.63, 3.8) is 0 Å². The molecule has 2 aromatic heterocycles. The van der Waals surface area contributed by atoms with Crippen molar-refractivity contribution in [3.05, 3.63) is 48.2 Å². The first-order valence-corrected chi connectivity index (χ1v) is 9.52. The molecule has 0 aliphatic carbocycles. The van der Waals surface area contributed by atoms with Crippen molar-refractivity contribution in [1.82, 2.24) is 20.5 Å². The summed E-state index contributed by atoms with van der Waals surface area (Å²) in [6, 6.07) is 11.1. The fraction of sp³-hybridized carbons (Fsp3) is 0.350. The van der Waals surface area contributed by atoms with Crippen LogP contribution in [0.25, 0.3) is 10.9 Å². The lowest BCUT2D eigenvalue weighted by molar-refractivity contribution is 0.168. The molecular formula is C20H24N6O3. The molecule has 3 heterocycles. The molecule has 0 saturated carbocycles. The molecule has 1 fully saturated rings. The molecular weight excluding hydrogens is 372 g/mol. The van der Waals surface area contributed by atoms with Crippen molar-refractivity contribution < 1.29 is 14.3 Å². The smallest absolute Gasteiger partial charge is 0.320 e. The second kappa shape index (κ2) is 8.89. The molecule has 1 aliphatic rings. The number of carbonyl (C=O) groups excluding carboxylic acids is 1. The van der Waals surface area contributed by atoms with Crippen LogP contribution in [-0.4, -0.2) is 54.2 Å². The van der Waals surface area contributed by atoms with Gasteiger partial charge in [0.05, 0.1) is 36.2 Å². The zero-order valence-electron chi connectivity index (χ0n) is 16.1. The number of ether oxygens (including phenoxy) is 2. The van der Waals surface area contributed by atoms with Crippen LogP contribution < -0.4 is 16.0 Å². The third kappa shape index (κ3) is 4.64. The Morgan fingerprint density at radius 2 is 2.24 bits per heavy atom. The van der Waals surface area contributed by atoms with Gasteiger partial charge in [-0.1, -0.05) is 30.3 Å². The van der Waals surface area contributed by atoms with Crippen molar-refractivity contribution in [2.24, 2.45) is 0 Å². The maximum absolute atomic E-state index is 12.5. The molecule has 1 aliphatic heterocycles. The van der Waals surface area contributed by atoms with Gasteiger partial charge in [-0.15, -0.1) is 0 Å². The molecule has 0 bridgehead atoms. The van der Waals surface area contributed by atoms with Crippen molar-refractivity contribution in [3.8, 4) is 0 Å². The van der Waals surface area contributed by atoms with Crippen molar-refractivity contribution in [1.29, 1.82) is 0 Å². The van der Waals surface area contributed by atoms with Gasteiger partial charge in [-0.2, -0.15) is 5.10 Å². The molecule has 0 spiro atoms. The van der Waals surface area contributed by atoms with Crippen molar-refractivity contribution in [2.45, 2.75) is 18.5 Å². The lowest BCUT2D eigenvalue weighted by Gasteiger charge is -2.18. The van der Waals surface area contributed by atoms with E-state index in [1.165, 1.54) is 0 Å². The zero-order chi connectivity index (χ0) is 20.1. The molecule has 2 amide bonds. The monoisotopic (exact) mass is 396 g/mol. The van der Waals surface area contributed by atoms with E-state index in [0.717, 1.165) is 35.3 Å². The van der Waals surface area contributed by atoms with Crippen LogP contribution in [0.1, 0.15) is 18.0 Å². The van der Waals surface area contributed by atoms with Crippen molar-refractivity contribution >= 4 is 28.6 Å². The van der Waals surface area contributed by atoms with Gasteiger partial charge < -0.3 is 20.1 Å².